The molecule has 30 heavy (non-hydrogen) atoms. The summed E-state index contributed by atoms with van der Waals surface area (Å²) in [5, 5.41) is 0. The first-order valence-electron chi connectivity index (χ1n) is 10.3. The molecular formula is C22H28N4O4. The molecule has 1 aromatic carbocycles. The number of furan rings is 1. The SMILES string of the molecule is COc1ccc(C2NNC(C)C2CC(=O)N2CCN(C(=O)c3ccco3)CC2)cc1. The monoisotopic (exact) mass is 412 g/mol. The van der Waals surface area contributed by atoms with Crippen molar-refractivity contribution in [2.75, 3.05) is 33.3 Å². The van der Waals surface area contributed by atoms with Crippen LogP contribution in [0.4, 0.5) is 0 Å². The summed E-state index contributed by atoms with van der Waals surface area (Å²) in [5.41, 5.74) is 7.73. The minimum Gasteiger partial charge on any atom is -0.497 e. The third-order valence-corrected chi connectivity index (χ3v) is 6.07. The average molecular weight is 412 g/mol. The molecule has 2 saturated heterocycles. The number of carbonyl (C=O) groups is 2. The Kier molecular flexibility index (Phi) is 6.06. The predicted molar refractivity (Wildman–Crippen MR) is 111 cm³/mol. The van der Waals surface area contributed by atoms with E-state index in [2.05, 4.69) is 17.8 Å². The number of hydrazine groups is 1. The van der Waals surface area contributed by atoms with Crippen LogP contribution in [0.5, 0.6) is 5.75 Å². The van der Waals surface area contributed by atoms with Crippen molar-refractivity contribution in [3.63, 3.8) is 0 Å². The Balaban J connectivity index is 1.35. The van der Waals surface area contributed by atoms with Gasteiger partial charge in [0.25, 0.3) is 5.91 Å². The van der Waals surface area contributed by atoms with E-state index in [0.29, 0.717) is 38.4 Å². The Labute approximate surface area is 176 Å². The molecule has 2 amide bonds. The van der Waals surface area contributed by atoms with Gasteiger partial charge in [0.05, 0.1) is 19.4 Å². The van der Waals surface area contributed by atoms with Crippen molar-refractivity contribution < 1.29 is 18.7 Å². The Morgan fingerprint density at radius 3 is 2.40 bits per heavy atom. The van der Waals surface area contributed by atoms with Gasteiger partial charge in [-0.2, -0.15) is 0 Å². The maximum Gasteiger partial charge on any atom is 0.289 e. The van der Waals surface area contributed by atoms with E-state index < -0.39 is 0 Å². The third kappa shape index (κ3) is 4.20. The molecule has 3 atom stereocenters. The van der Waals surface area contributed by atoms with Gasteiger partial charge >= 0.3 is 0 Å². The topological polar surface area (TPSA) is 87.0 Å². The van der Waals surface area contributed by atoms with E-state index in [1.165, 1.54) is 6.26 Å². The summed E-state index contributed by atoms with van der Waals surface area (Å²) in [6, 6.07) is 11.5. The molecule has 1 aromatic heterocycles. The van der Waals surface area contributed by atoms with Crippen LogP contribution in [-0.4, -0.2) is 60.9 Å². The fourth-order valence-electron chi connectivity index (χ4n) is 4.21. The number of piperazine rings is 1. The summed E-state index contributed by atoms with van der Waals surface area (Å²) < 4.78 is 10.4. The van der Waals surface area contributed by atoms with Gasteiger partial charge in [0.1, 0.15) is 5.75 Å². The van der Waals surface area contributed by atoms with Crippen LogP contribution >= 0.6 is 0 Å². The number of hydrogen-bond acceptors (Lipinski definition) is 6. The molecule has 2 N–H and O–H groups in total. The molecule has 8 nitrogen and oxygen atoms in total. The second kappa shape index (κ2) is 8.89. The molecule has 3 heterocycles. The summed E-state index contributed by atoms with van der Waals surface area (Å²) in [5.74, 6) is 1.29. The highest BCUT2D eigenvalue weighted by Crippen LogP contribution is 2.32. The number of amides is 2. The summed E-state index contributed by atoms with van der Waals surface area (Å²) in [7, 11) is 1.65. The molecule has 2 aliphatic heterocycles. The number of ether oxygens (including phenoxy) is 1. The number of benzene rings is 1. The molecule has 0 bridgehead atoms. The quantitative estimate of drug-likeness (QED) is 0.779. The van der Waals surface area contributed by atoms with E-state index in [-0.39, 0.29) is 29.8 Å². The Morgan fingerprint density at radius 1 is 1.07 bits per heavy atom. The Hall–Kier alpha value is -2.84. The van der Waals surface area contributed by atoms with Crippen LogP contribution in [0, 0.1) is 5.92 Å². The van der Waals surface area contributed by atoms with Gasteiger partial charge in [-0.05, 0) is 36.8 Å². The summed E-state index contributed by atoms with van der Waals surface area (Å²) in [6.45, 7) is 4.21. The lowest BCUT2D eigenvalue weighted by atomic mass is 9.87. The van der Waals surface area contributed by atoms with Gasteiger partial charge < -0.3 is 19.0 Å². The van der Waals surface area contributed by atoms with E-state index in [1.807, 2.05) is 29.2 Å². The Morgan fingerprint density at radius 2 is 1.77 bits per heavy atom. The van der Waals surface area contributed by atoms with Crippen molar-refractivity contribution in [2.24, 2.45) is 5.92 Å². The first-order valence-corrected chi connectivity index (χ1v) is 10.3. The molecule has 0 aliphatic carbocycles. The van der Waals surface area contributed by atoms with E-state index >= 15 is 0 Å². The van der Waals surface area contributed by atoms with Crippen LogP contribution in [0.2, 0.25) is 0 Å². The molecule has 160 valence electrons. The standard InChI is InChI=1S/C22H28N4O4/c1-15-18(21(24-23-15)16-5-7-17(29-2)8-6-16)14-20(27)25-9-11-26(12-10-25)22(28)19-4-3-13-30-19/h3-8,13,15,18,21,23-24H,9-12,14H2,1-2H3. The lowest BCUT2D eigenvalue weighted by Gasteiger charge is -2.35. The molecule has 0 spiro atoms. The summed E-state index contributed by atoms with van der Waals surface area (Å²) >= 11 is 0. The van der Waals surface area contributed by atoms with E-state index in [9.17, 15) is 9.59 Å². The van der Waals surface area contributed by atoms with Crippen molar-refractivity contribution in [2.45, 2.75) is 25.4 Å². The average Bonchev–Trinajstić information content (AvgIpc) is 3.44. The van der Waals surface area contributed by atoms with Crippen LogP contribution in [0.1, 0.15) is 35.5 Å². The van der Waals surface area contributed by atoms with Crippen LogP contribution in [0.15, 0.2) is 47.1 Å². The molecule has 0 radical (unpaired) electrons. The normalized spacial score (nSPS) is 24.1. The first-order chi connectivity index (χ1) is 14.6. The molecule has 3 unspecified atom stereocenters. The molecule has 2 aliphatic rings. The van der Waals surface area contributed by atoms with Gasteiger partial charge in [0.2, 0.25) is 5.91 Å². The fraction of sp³-hybridized carbons (Fsp3) is 0.455. The molecule has 0 saturated carbocycles. The van der Waals surface area contributed by atoms with E-state index in [0.717, 1.165) is 11.3 Å². The number of hydrogen-bond donors (Lipinski definition) is 2. The Bertz CT molecular complexity index is 860. The number of rotatable bonds is 5. The van der Waals surface area contributed by atoms with Crippen LogP contribution in [0.3, 0.4) is 0 Å². The highest BCUT2D eigenvalue weighted by Gasteiger charge is 2.37. The molecule has 2 aromatic rings. The number of nitrogens with one attached hydrogen (secondary N) is 2. The summed E-state index contributed by atoms with van der Waals surface area (Å²) in [4.78, 5) is 29.0. The maximum atomic E-state index is 13.0. The van der Waals surface area contributed by atoms with Gasteiger partial charge in [0.15, 0.2) is 5.76 Å². The van der Waals surface area contributed by atoms with Crippen molar-refractivity contribution in [1.29, 1.82) is 0 Å². The minimum atomic E-state index is -0.121. The van der Waals surface area contributed by atoms with Gasteiger partial charge in [-0.15, -0.1) is 0 Å². The second-order valence-electron chi connectivity index (χ2n) is 7.85. The van der Waals surface area contributed by atoms with E-state index in [1.54, 1.807) is 24.1 Å². The van der Waals surface area contributed by atoms with Crippen LogP contribution in [-0.2, 0) is 4.79 Å². The lowest BCUT2D eigenvalue weighted by Crippen LogP contribution is -2.51. The first kappa shape index (κ1) is 20.4. The van der Waals surface area contributed by atoms with Crippen molar-refractivity contribution >= 4 is 11.8 Å². The number of nitrogens with zero attached hydrogens (tertiary/aromatic N) is 2. The zero-order valence-corrected chi connectivity index (χ0v) is 17.3. The molecular weight excluding hydrogens is 384 g/mol. The van der Waals surface area contributed by atoms with Crippen molar-refractivity contribution in [3.05, 3.63) is 54.0 Å². The fourth-order valence-corrected chi connectivity index (χ4v) is 4.21. The highest BCUT2D eigenvalue weighted by molar-refractivity contribution is 5.91. The molecule has 8 heteroatoms. The number of carbonyl (C=O) groups excluding carboxylic acids is 2. The molecule has 2 fully saturated rings. The largest absolute Gasteiger partial charge is 0.497 e. The predicted octanol–water partition coefficient (Wildman–Crippen LogP) is 1.82. The minimum absolute atomic E-state index is 0.0525. The van der Waals surface area contributed by atoms with Crippen LogP contribution < -0.4 is 15.6 Å². The van der Waals surface area contributed by atoms with Crippen molar-refractivity contribution in [3.8, 4) is 5.75 Å². The molecule has 4 rings (SSSR count). The second-order valence-corrected chi connectivity index (χ2v) is 7.85. The zero-order valence-electron chi connectivity index (χ0n) is 17.3. The van der Waals surface area contributed by atoms with Gasteiger partial charge in [0, 0.05) is 44.6 Å². The van der Waals surface area contributed by atoms with Crippen molar-refractivity contribution in [1.82, 2.24) is 20.7 Å². The third-order valence-electron chi connectivity index (χ3n) is 6.07. The smallest absolute Gasteiger partial charge is 0.289 e. The zero-order chi connectivity index (χ0) is 21.1. The lowest BCUT2D eigenvalue weighted by molar-refractivity contribution is -0.133. The summed E-state index contributed by atoms with van der Waals surface area (Å²) in [6.07, 6.45) is 1.95. The van der Waals surface area contributed by atoms with Crippen LogP contribution in [0.25, 0.3) is 0 Å². The maximum absolute atomic E-state index is 13.0. The van der Waals surface area contributed by atoms with Gasteiger partial charge in [-0.25, -0.2) is 5.43 Å². The van der Waals surface area contributed by atoms with E-state index in [4.69, 9.17) is 9.15 Å². The number of methoxy groups -OCH3 is 1. The van der Waals surface area contributed by atoms with Gasteiger partial charge in [-0.1, -0.05) is 12.1 Å². The highest BCUT2D eigenvalue weighted by atomic mass is 16.5. The van der Waals surface area contributed by atoms with Gasteiger partial charge in [-0.3, -0.25) is 15.0 Å².